The van der Waals surface area contributed by atoms with Crippen molar-refractivity contribution in [3.63, 3.8) is 0 Å². The van der Waals surface area contributed by atoms with Crippen molar-refractivity contribution in [2.45, 2.75) is 0 Å². The molecule has 24 heavy (non-hydrogen) atoms. The van der Waals surface area contributed by atoms with Crippen molar-refractivity contribution in [1.82, 2.24) is 10.6 Å². The number of carbonyl (C=O) groups excluding carboxylic acids is 2. The van der Waals surface area contributed by atoms with Gasteiger partial charge in [0.15, 0.2) is 17.2 Å². The lowest BCUT2D eigenvalue weighted by atomic mass is 10.1. The largest absolute Gasteiger partial charge is 0.504 e. The molecule has 0 saturated carbocycles. The molecule has 0 unspecified atom stereocenters. The Morgan fingerprint density at radius 3 is 1.96 bits per heavy atom. The summed E-state index contributed by atoms with van der Waals surface area (Å²) in [4.78, 5) is 23.6. The maximum Gasteiger partial charge on any atom is 0.251 e. The monoisotopic (exact) mass is 334 g/mol. The molecule has 0 aliphatic heterocycles. The van der Waals surface area contributed by atoms with E-state index in [2.05, 4.69) is 10.6 Å². The molecule has 0 bridgehead atoms. The molecule has 0 atom stereocenters. The fourth-order valence-corrected chi connectivity index (χ4v) is 1.92. The van der Waals surface area contributed by atoms with Gasteiger partial charge in [0.25, 0.3) is 11.8 Å². The minimum Gasteiger partial charge on any atom is -0.504 e. The molecule has 2 aromatic carbocycles. The lowest BCUT2D eigenvalue weighted by Gasteiger charge is -2.08. The number of phenolic OH excluding ortho intramolecular Hbond substituents is 3. The van der Waals surface area contributed by atoms with Gasteiger partial charge in [-0.1, -0.05) is 6.07 Å². The molecule has 0 fully saturated rings. The number of phenols is 3. The fourth-order valence-electron chi connectivity index (χ4n) is 1.92. The Bertz CT molecular complexity index is 756. The highest BCUT2D eigenvalue weighted by molar-refractivity contribution is 5.96. The summed E-state index contributed by atoms with van der Waals surface area (Å²) in [7, 11) is 0. The van der Waals surface area contributed by atoms with Crippen molar-refractivity contribution in [3.8, 4) is 17.2 Å². The van der Waals surface area contributed by atoms with E-state index in [0.29, 0.717) is 0 Å². The summed E-state index contributed by atoms with van der Waals surface area (Å²) < 4.78 is 13.0. The van der Waals surface area contributed by atoms with Crippen LogP contribution in [0.1, 0.15) is 20.7 Å². The van der Waals surface area contributed by atoms with E-state index in [1.54, 1.807) is 0 Å². The number of hydrogen-bond acceptors (Lipinski definition) is 5. The highest BCUT2D eigenvalue weighted by Gasteiger charge is 2.13. The number of halogens is 1. The van der Waals surface area contributed by atoms with E-state index in [0.717, 1.165) is 18.2 Å². The molecule has 0 spiro atoms. The molecule has 5 N–H and O–H groups in total. The van der Waals surface area contributed by atoms with Crippen LogP contribution in [0.3, 0.4) is 0 Å². The van der Waals surface area contributed by atoms with Gasteiger partial charge in [-0.3, -0.25) is 9.59 Å². The quantitative estimate of drug-likeness (QED) is 0.414. The number of benzene rings is 2. The van der Waals surface area contributed by atoms with Crippen molar-refractivity contribution in [1.29, 1.82) is 0 Å². The summed E-state index contributed by atoms with van der Waals surface area (Å²) >= 11 is 0. The van der Waals surface area contributed by atoms with Crippen LogP contribution in [0.5, 0.6) is 17.2 Å². The van der Waals surface area contributed by atoms with E-state index in [-0.39, 0.29) is 24.2 Å². The van der Waals surface area contributed by atoms with Gasteiger partial charge in [-0.2, -0.15) is 0 Å². The van der Waals surface area contributed by atoms with Crippen LogP contribution in [-0.2, 0) is 0 Å². The van der Waals surface area contributed by atoms with E-state index < -0.39 is 34.9 Å². The van der Waals surface area contributed by atoms with E-state index in [1.165, 1.54) is 18.2 Å². The number of rotatable bonds is 5. The molecule has 2 amide bonds. The van der Waals surface area contributed by atoms with Crippen LogP contribution in [0, 0.1) is 5.82 Å². The van der Waals surface area contributed by atoms with E-state index in [1.807, 2.05) is 0 Å². The van der Waals surface area contributed by atoms with Crippen molar-refractivity contribution in [2.75, 3.05) is 13.1 Å². The lowest BCUT2D eigenvalue weighted by Crippen LogP contribution is -2.34. The second-order valence-corrected chi connectivity index (χ2v) is 4.89. The summed E-state index contributed by atoms with van der Waals surface area (Å²) in [6, 6.07) is 7.18. The third-order valence-corrected chi connectivity index (χ3v) is 3.11. The summed E-state index contributed by atoms with van der Waals surface area (Å²) in [5, 5.41) is 32.9. The zero-order chi connectivity index (χ0) is 17.7. The average molecular weight is 334 g/mol. The normalized spacial score (nSPS) is 10.2. The molecule has 0 aromatic heterocycles. The summed E-state index contributed by atoms with van der Waals surface area (Å²) in [6.45, 7) is 0.166. The molecule has 7 nitrogen and oxygen atoms in total. The lowest BCUT2D eigenvalue weighted by molar-refractivity contribution is 0.0927. The Kier molecular flexibility index (Phi) is 5.20. The third kappa shape index (κ3) is 4.13. The summed E-state index contributed by atoms with van der Waals surface area (Å²) in [6.07, 6.45) is 0. The predicted molar refractivity (Wildman–Crippen MR) is 82.5 cm³/mol. The Labute approximate surface area is 136 Å². The van der Waals surface area contributed by atoms with Gasteiger partial charge in [0.1, 0.15) is 5.82 Å². The molecule has 0 aliphatic rings. The van der Waals surface area contributed by atoms with E-state index in [9.17, 15) is 29.3 Å². The summed E-state index contributed by atoms with van der Waals surface area (Å²) in [5.41, 5.74) is 0.106. The smallest absolute Gasteiger partial charge is 0.251 e. The topological polar surface area (TPSA) is 119 Å². The Balaban J connectivity index is 1.84. The van der Waals surface area contributed by atoms with Gasteiger partial charge >= 0.3 is 0 Å². The highest BCUT2D eigenvalue weighted by Crippen LogP contribution is 2.35. The first-order valence-corrected chi connectivity index (χ1v) is 6.95. The fraction of sp³-hybridized carbons (Fsp3) is 0.125. The zero-order valence-electron chi connectivity index (χ0n) is 12.4. The average Bonchev–Trinajstić information content (AvgIpc) is 2.55. The second-order valence-electron chi connectivity index (χ2n) is 4.89. The number of nitrogens with one attached hydrogen (secondary N) is 2. The van der Waals surface area contributed by atoms with Gasteiger partial charge in [0.2, 0.25) is 0 Å². The van der Waals surface area contributed by atoms with E-state index in [4.69, 9.17) is 0 Å². The first kappa shape index (κ1) is 17.1. The number of carbonyl (C=O) groups is 2. The van der Waals surface area contributed by atoms with Crippen LogP contribution in [0.15, 0.2) is 36.4 Å². The van der Waals surface area contributed by atoms with Crippen LogP contribution in [0.25, 0.3) is 0 Å². The van der Waals surface area contributed by atoms with Gasteiger partial charge < -0.3 is 26.0 Å². The molecule has 126 valence electrons. The van der Waals surface area contributed by atoms with Crippen molar-refractivity contribution in [3.05, 3.63) is 53.3 Å². The molecule has 8 heteroatoms. The van der Waals surface area contributed by atoms with Crippen LogP contribution in [-0.4, -0.2) is 40.2 Å². The van der Waals surface area contributed by atoms with Crippen molar-refractivity contribution < 1.29 is 29.3 Å². The molecule has 2 rings (SSSR count). The molecule has 0 radical (unpaired) electrons. The standard InChI is InChI=1S/C16H15FN2O5/c17-11-3-1-2-9(6-11)15(23)18-4-5-19-16(24)10-7-12(20)14(22)13(21)8-10/h1-3,6-8,20-22H,4-5H2,(H,18,23)(H,19,24). The van der Waals surface area contributed by atoms with Crippen LogP contribution in [0.2, 0.25) is 0 Å². The van der Waals surface area contributed by atoms with Crippen LogP contribution >= 0.6 is 0 Å². The molecule has 0 aliphatic carbocycles. The van der Waals surface area contributed by atoms with Gasteiger partial charge in [0, 0.05) is 24.2 Å². The predicted octanol–water partition coefficient (Wildman–Crippen LogP) is 1.10. The molecular weight excluding hydrogens is 319 g/mol. The first-order chi connectivity index (χ1) is 11.4. The van der Waals surface area contributed by atoms with Gasteiger partial charge in [-0.15, -0.1) is 0 Å². The van der Waals surface area contributed by atoms with Gasteiger partial charge in [-0.25, -0.2) is 4.39 Å². The summed E-state index contributed by atoms with van der Waals surface area (Å²) in [5.74, 6) is -3.58. The Morgan fingerprint density at radius 1 is 0.875 bits per heavy atom. The Morgan fingerprint density at radius 2 is 1.42 bits per heavy atom. The minimum atomic E-state index is -0.714. The molecule has 0 heterocycles. The number of hydrogen-bond donors (Lipinski definition) is 5. The number of aromatic hydroxyl groups is 3. The first-order valence-electron chi connectivity index (χ1n) is 6.95. The van der Waals surface area contributed by atoms with Crippen molar-refractivity contribution >= 4 is 11.8 Å². The van der Waals surface area contributed by atoms with E-state index >= 15 is 0 Å². The Hall–Kier alpha value is -3.29. The van der Waals surface area contributed by atoms with Crippen molar-refractivity contribution in [2.24, 2.45) is 0 Å². The van der Waals surface area contributed by atoms with Crippen LogP contribution in [0.4, 0.5) is 4.39 Å². The maximum atomic E-state index is 13.0. The van der Waals surface area contributed by atoms with Gasteiger partial charge in [0.05, 0.1) is 0 Å². The minimum absolute atomic E-state index is 0.0562. The zero-order valence-corrected chi connectivity index (χ0v) is 12.4. The molecular formula is C16H15FN2O5. The van der Waals surface area contributed by atoms with Crippen LogP contribution < -0.4 is 10.6 Å². The second kappa shape index (κ2) is 7.32. The third-order valence-electron chi connectivity index (χ3n) is 3.11. The number of amides is 2. The SMILES string of the molecule is O=C(NCCNC(=O)c1cc(O)c(O)c(O)c1)c1cccc(F)c1. The highest BCUT2D eigenvalue weighted by atomic mass is 19.1. The molecule has 2 aromatic rings. The van der Waals surface area contributed by atoms with Gasteiger partial charge in [-0.05, 0) is 30.3 Å². The molecule has 0 saturated heterocycles. The maximum absolute atomic E-state index is 13.0.